The first-order chi connectivity index (χ1) is 19.3. The number of carbonyl (C=O) groups excluding carboxylic acids is 1. The SMILES string of the molecule is C=C(C)[C@@H]1CC[C@]2(CO)CC[C@]3(C)[C@H](CC[C@@H]4[C@@]5(C)CC=C(c6ccc(OC=O)cc6F)C(C)(C)[C@@H]5CC[C@]43C)[C@@H]12. The minimum atomic E-state index is -0.320. The molecular formula is C37H51FO3. The molecule has 9 atom stereocenters. The van der Waals surface area contributed by atoms with Crippen LogP contribution in [0, 0.1) is 62.5 Å². The van der Waals surface area contributed by atoms with Gasteiger partial charge in [0.2, 0.25) is 0 Å². The number of allylic oxidation sites excluding steroid dienone is 3. The molecule has 0 unspecified atom stereocenters. The van der Waals surface area contributed by atoms with Crippen LogP contribution < -0.4 is 4.74 Å². The molecule has 0 radical (unpaired) electrons. The largest absolute Gasteiger partial charge is 0.429 e. The number of aliphatic hydroxyl groups excluding tert-OH is 1. The molecule has 4 saturated carbocycles. The summed E-state index contributed by atoms with van der Waals surface area (Å²) in [7, 11) is 0. The van der Waals surface area contributed by atoms with Gasteiger partial charge in [0.15, 0.2) is 0 Å². The summed E-state index contributed by atoms with van der Waals surface area (Å²) in [5.41, 5.74) is 3.61. The van der Waals surface area contributed by atoms with Crippen molar-refractivity contribution >= 4 is 12.0 Å². The average Bonchev–Trinajstić information content (AvgIpc) is 3.30. The second-order valence-corrected chi connectivity index (χ2v) is 16.1. The zero-order chi connectivity index (χ0) is 29.6. The lowest BCUT2D eigenvalue weighted by Gasteiger charge is -2.72. The maximum Gasteiger partial charge on any atom is 0.298 e. The molecule has 3 nitrogen and oxygen atoms in total. The summed E-state index contributed by atoms with van der Waals surface area (Å²) in [6.45, 7) is 19.8. The first-order valence-electron chi connectivity index (χ1n) is 16.2. The Balaban J connectivity index is 1.37. The normalized spacial score (nSPS) is 44.5. The van der Waals surface area contributed by atoms with E-state index in [1.54, 1.807) is 12.1 Å². The maximum absolute atomic E-state index is 15.4. The minimum Gasteiger partial charge on any atom is -0.429 e. The minimum absolute atomic E-state index is 0.0823. The number of carbonyl (C=O) groups is 1. The van der Waals surface area contributed by atoms with Crippen LogP contribution in [0.2, 0.25) is 0 Å². The Labute approximate surface area is 247 Å². The van der Waals surface area contributed by atoms with E-state index in [0.717, 1.165) is 31.3 Å². The van der Waals surface area contributed by atoms with Crippen molar-refractivity contribution in [1.29, 1.82) is 0 Å². The van der Waals surface area contributed by atoms with E-state index in [1.807, 2.05) is 0 Å². The van der Waals surface area contributed by atoms with E-state index in [2.05, 4.69) is 54.2 Å². The molecule has 4 fully saturated rings. The van der Waals surface area contributed by atoms with Crippen LogP contribution in [0.4, 0.5) is 4.39 Å². The molecule has 1 aromatic rings. The van der Waals surface area contributed by atoms with Gasteiger partial charge in [0, 0.05) is 18.2 Å². The Hall–Kier alpha value is -1.94. The number of halogens is 1. The first kappa shape index (κ1) is 29.1. The number of ether oxygens (including phenoxy) is 1. The van der Waals surface area contributed by atoms with E-state index in [1.165, 1.54) is 43.7 Å². The molecule has 0 spiro atoms. The van der Waals surface area contributed by atoms with Crippen molar-refractivity contribution in [3.8, 4) is 5.75 Å². The zero-order valence-corrected chi connectivity index (χ0v) is 26.2. The van der Waals surface area contributed by atoms with Crippen LogP contribution in [0.3, 0.4) is 0 Å². The second kappa shape index (κ2) is 9.53. The molecule has 0 amide bonds. The van der Waals surface area contributed by atoms with Gasteiger partial charge in [-0.25, -0.2) is 4.39 Å². The molecule has 0 aromatic heterocycles. The van der Waals surface area contributed by atoms with Gasteiger partial charge in [0.1, 0.15) is 11.6 Å². The van der Waals surface area contributed by atoms with Gasteiger partial charge in [-0.3, -0.25) is 4.79 Å². The summed E-state index contributed by atoms with van der Waals surface area (Å²) in [4.78, 5) is 10.8. The maximum atomic E-state index is 15.4. The molecule has 5 aliphatic rings. The third-order valence-electron chi connectivity index (χ3n) is 14.5. The highest BCUT2D eigenvalue weighted by Gasteiger charge is 2.70. The molecule has 6 rings (SSSR count). The van der Waals surface area contributed by atoms with Gasteiger partial charge in [-0.2, -0.15) is 0 Å². The molecule has 224 valence electrons. The second-order valence-electron chi connectivity index (χ2n) is 16.1. The van der Waals surface area contributed by atoms with Gasteiger partial charge in [0.25, 0.3) is 6.47 Å². The molecule has 0 heterocycles. The van der Waals surface area contributed by atoms with E-state index < -0.39 is 0 Å². The number of hydrogen-bond donors (Lipinski definition) is 1. The fourth-order valence-corrected chi connectivity index (χ4v) is 12.5. The highest BCUT2D eigenvalue weighted by molar-refractivity contribution is 5.72. The first-order valence-corrected chi connectivity index (χ1v) is 16.2. The van der Waals surface area contributed by atoms with Crippen molar-refractivity contribution in [3.63, 3.8) is 0 Å². The van der Waals surface area contributed by atoms with Crippen molar-refractivity contribution in [2.45, 2.75) is 99.3 Å². The van der Waals surface area contributed by atoms with Crippen LogP contribution >= 0.6 is 0 Å². The Bertz CT molecular complexity index is 1280. The van der Waals surface area contributed by atoms with Crippen molar-refractivity contribution in [2.75, 3.05) is 6.61 Å². The fraction of sp³-hybridized carbons (Fsp3) is 0.703. The Morgan fingerprint density at radius 1 is 1.02 bits per heavy atom. The molecule has 0 saturated heterocycles. The van der Waals surface area contributed by atoms with Crippen LogP contribution in [-0.4, -0.2) is 18.2 Å². The lowest BCUT2D eigenvalue weighted by atomic mass is 9.32. The molecule has 1 N–H and O–H groups in total. The Morgan fingerprint density at radius 3 is 2.44 bits per heavy atom. The van der Waals surface area contributed by atoms with E-state index in [4.69, 9.17) is 4.74 Å². The van der Waals surface area contributed by atoms with Crippen LogP contribution in [0.5, 0.6) is 5.75 Å². The number of benzene rings is 1. The predicted octanol–water partition coefficient (Wildman–Crippen LogP) is 9.00. The van der Waals surface area contributed by atoms with Crippen LogP contribution in [0.25, 0.3) is 5.57 Å². The van der Waals surface area contributed by atoms with Crippen molar-refractivity contribution < 1.29 is 19.0 Å². The van der Waals surface area contributed by atoms with Crippen LogP contribution in [0.15, 0.2) is 36.4 Å². The third kappa shape index (κ3) is 3.80. The summed E-state index contributed by atoms with van der Waals surface area (Å²) < 4.78 is 20.3. The average molecular weight is 563 g/mol. The molecule has 0 bridgehead atoms. The standard InChI is InChI=1S/C37H51FO3/c1-23(2)25-12-17-37(21-39)19-18-35(6)28(32(25)37)10-11-31-34(5)15-13-27(26-9-8-24(41-22-40)20-29(26)38)33(3,4)30(34)14-16-36(31,35)7/h8-9,13,20,22,25,28,30-32,39H,1,10-12,14-19,21H2,2-7H3/t25-,28+,30-,31+,32+,34-,35+,36+,37+/m0/s1. The number of aliphatic hydroxyl groups is 1. The van der Waals surface area contributed by atoms with Gasteiger partial charge in [-0.15, -0.1) is 0 Å². The van der Waals surface area contributed by atoms with E-state index in [-0.39, 0.29) is 38.6 Å². The molecule has 1 aromatic carbocycles. The quantitative estimate of drug-likeness (QED) is 0.288. The summed E-state index contributed by atoms with van der Waals surface area (Å²) in [6, 6.07) is 4.83. The highest BCUT2D eigenvalue weighted by Crippen LogP contribution is 2.77. The van der Waals surface area contributed by atoms with E-state index >= 15 is 4.39 Å². The van der Waals surface area contributed by atoms with Crippen molar-refractivity contribution in [3.05, 3.63) is 47.8 Å². The monoisotopic (exact) mass is 562 g/mol. The fourth-order valence-electron chi connectivity index (χ4n) is 12.5. The van der Waals surface area contributed by atoms with Crippen molar-refractivity contribution in [1.82, 2.24) is 0 Å². The van der Waals surface area contributed by atoms with Gasteiger partial charge in [-0.1, -0.05) is 52.8 Å². The smallest absolute Gasteiger partial charge is 0.298 e. The third-order valence-corrected chi connectivity index (χ3v) is 14.5. The topological polar surface area (TPSA) is 46.5 Å². The lowest BCUT2D eigenvalue weighted by molar-refractivity contribution is -0.228. The zero-order valence-electron chi connectivity index (χ0n) is 26.2. The molecule has 0 aliphatic heterocycles. The number of rotatable bonds is 5. The summed E-state index contributed by atoms with van der Waals surface area (Å²) in [5.74, 6) is 2.73. The summed E-state index contributed by atoms with van der Waals surface area (Å²) in [5, 5.41) is 10.8. The van der Waals surface area contributed by atoms with Gasteiger partial charge in [0.05, 0.1) is 0 Å². The van der Waals surface area contributed by atoms with Gasteiger partial charge < -0.3 is 9.84 Å². The van der Waals surface area contributed by atoms with Crippen LogP contribution in [-0.2, 0) is 4.79 Å². The number of fused-ring (bicyclic) bond motifs is 7. The molecule has 4 heteroatoms. The molecular weight excluding hydrogens is 511 g/mol. The molecule has 5 aliphatic carbocycles. The van der Waals surface area contributed by atoms with Gasteiger partial charge in [-0.05, 0) is 139 Å². The Morgan fingerprint density at radius 2 is 1.78 bits per heavy atom. The summed E-state index contributed by atoms with van der Waals surface area (Å²) in [6.07, 6.45) is 12.9. The predicted molar refractivity (Wildman–Crippen MR) is 163 cm³/mol. The number of hydrogen-bond acceptors (Lipinski definition) is 3. The Kier molecular flexibility index (Phi) is 6.77. The molecule has 41 heavy (non-hydrogen) atoms. The van der Waals surface area contributed by atoms with Crippen LogP contribution in [0.1, 0.15) is 105 Å². The van der Waals surface area contributed by atoms with Gasteiger partial charge >= 0.3 is 0 Å². The summed E-state index contributed by atoms with van der Waals surface area (Å²) >= 11 is 0. The van der Waals surface area contributed by atoms with Crippen molar-refractivity contribution in [2.24, 2.45) is 56.7 Å². The van der Waals surface area contributed by atoms with E-state index in [9.17, 15) is 9.90 Å². The van der Waals surface area contributed by atoms with E-state index in [0.29, 0.717) is 48.2 Å². The highest BCUT2D eigenvalue weighted by atomic mass is 19.1. The lowest BCUT2D eigenvalue weighted by Crippen LogP contribution is -2.65.